The van der Waals surface area contributed by atoms with Crippen LogP contribution in [0.5, 0.6) is 0 Å². The maximum absolute atomic E-state index is 12.3. The number of hydrogen-bond acceptors (Lipinski definition) is 5. The van der Waals surface area contributed by atoms with E-state index in [9.17, 15) is 14.4 Å². The topological polar surface area (TPSA) is 140 Å². The van der Waals surface area contributed by atoms with Crippen LogP contribution in [0.2, 0.25) is 5.02 Å². The van der Waals surface area contributed by atoms with Crippen LogP contribution < -0.4 is 22.1 Å². The van der Waals surface area contributed by atoms with Crippen molar-refractivity contribution >= 4 is 41.1 Å². The Hall–Kier alpha value is -3.26. The molecule has 1 aromatic carbocycles. The second kappa shape index (κ2) is 8.18. The van der Waals surface area contributed by atoms with Crippen LogP contribution in [-0.2, 0) is 4.79 Å². The summed E-state index contributed by atoms with van der Waals surface area (Å²) in [6, 6.07) is 7.28. The summed E-state index contributed by atoms with van der Waals surface area (Å²) in [4.78, 5) is 35.4. The number of benzene rings is 1. The third-order valence-electron chi connectivity index (χ3n) is 4.45. The highest BCUT2D eigenvalue weighted by Gasteiger charge is 2.33. The van der Waals surface area contributed by atoms with Crippen molar-refractivity contribution < 1.29 is 18.8 Å². The van der Waals surface area contributed by atoms with Gasteiger partial charge in [-0.2, -0.15) is 0 Å². The molecule has 0 radical (unpaired) electrons. The number of furan rings is 1. The molecule has 28 heavy (non-hydrogen) atoms. The summed E-state index contributed by atoms with van der Waals surface area (Å²) in [5.74, 6) is -0.943. The standard InChI is InChI=1S/C19H19ClN4O4/c20-12-4-1-10(9-13(12)21)19(27)24-15-6-5-14(15)23-17(25)8-3-11-2-7-16(28-11)18(22)26/h1-4,7-9,14-15H,5-6,21H2,(H2,22,26)(H,23,25)(H,24,27)/b8-3+/t14-,15+/m1/s1. The zero-order valence-corrected chi connectivity index (χ0v) is 15.5. The van der Waals surface area contributed by atoms with E-state index in [1.807, 2.05) is 0 Å². The third kappa shape index (κ3) is 4.52. The summed E-state index contributed by atoms with van der Waals surface area (Å²) in [7, 11) is 0. The van der Waals surface area contributed by atoms with Crippen molar-refractivity contribution in [3.63, 3.8) is 0 Å². The molecule has 2 aromatic rings. The van der Waals surface area contributed by atoms with Crippen molar-refractivity contribution in [1.29, 1.82) is 0 Å². The summed E-state index contributed by atoms with van der Waals surface area (Å²) in [5.41, 5.74) is 11.6. The van der Waals surface area contributed by atoms with Gasteiger partial charge in [-0.3, -0.25) is 14.4 Å². The molecule has 1 aromatic heterocycles. The maximum atomic E-state index is 12.3. The number of nitrogens with one attached hydrogen (secondary N) is 2. The lowest BCUT2D eigenvalue weighted by atomic mass is 9.86. The molecule has 3 amide bonds. The van der Waals surface area contributed by atoms with Crippen LogP contribution in [0.4, 0.5) is 5.69 Å². The van der Waals surface area contributed by atoms with E-state index in [1.54, 1.807) is 12.1 Å². The molecule has 146 valence electrons. The summed E-state index contributed by atoms with van der Waals surface area (Å²) in [6.07, 6.45) is 4.23. The van der Waals surface area contributed by atoms with Crippen LogP contribution in [0, 0.1) is 0 Å². The minimum Gasteiger partial charge on any atom is -0.452 e. The molecule has 2 atom stereocenters. The van der Waals surface area contributed by atoms with Crippen molar-refractivity contribution in [1.82, 2.24) is 10.6 Å². The molecule has 0 bridgehead atoms. The Kier molecular flexibility index (Phi) is 5.70. The lowest BCUT2D eigenvalue weighted by Crippen LogP contribution is -2.57. The van der Waals surface area contributed by atoms with Gasteiger partial charge >= 0.3 is 0 Å². The highest BCUT2D eigenvalue weighted by molar-refractivity contribution is 6.33. The van der Waals surface area contributed by atoms with Crippen molar-refractivity contribution in [2.45, 2.75) is 24.9 Å². The second-order valence-corrected chi connectivity index (χ2v) is 6.82. The number of anilines is 1. The minimum absolute atomic E-state index is 0.0182. The Balaban J connectivity index is 1.52. The van der Waals surface area contributed by atoms with E-state index < -0.39 is 5.91 Å². The van der Waals surface area contributed by atoms with Crippen molar-refractivity contribution in [2.24, 2.45) is 5.73 Å². The van der Waals surface area contributed by atoms with Crippen LogP contribution in [0.3, 0.4) is 0 Å². The number of carbonyl (C=O) groups excluding carboxylic acids is 3. The number of nitrogens with two attached hydrogens (primary N) is 2. The first-order chi connectivity index (χ1) is 13.3. The van der Waals surface area contributed by atoms with Gasteiger partial charge in [0.15, 0.2) is 5.76 Å². The molecule has 1 aliphatic rings. The van der Waals surface area contributed by atoms with Gasteiger partial charge in [0, 0.05) is 23.7 Å². The molecular weight excluding hydrogens is 384 g/mol. The smallest absolute Gasteiger partial charge is 0.284 e. The molecule has 0 aliphatic heterocycles. The first-order valence-electron chi connectivity index (χ1n) is 8.57. The fourth-order valence-corrected chi connectivity index (χ4v) is 2.86. The van der Waals surface area contributed by atoms with Gasteiger partial charge in [0.1, 0.15) is 5.76 Å². The second-order valence-electron chi connectivity index (χ2n) is 6.41. The maximum Gasteiger partial charge on any atom is 0.284 e. The lowest BCUT2D eigenvalue weighted by Gasteiger charge is -2.37. The average Bonchev–Trinajstić information content (AvgIpc) is 3.13. The van der Waals surface area contributed by atoms with E-state index in [0.29, 0.717) is 22.0 Å². The molecule has 1 aliphatic carbocycles. The number of halogens is 1. The Bertz CT molecular complexity index is 953. The van der Waals surface area contributed by atoms with Gasteiger partial charge in [-0.15, -0.1) is 0 Å². The van der Waals surface area contributed by atoms with Crippen molar-refractivity contribution in [2.75, 3.05) is 5.73 Å². The quantitative estimate of drug-likeness (QED) is 0.430. The van der Waals surface area contributed by atoms with Gasteiger partial charge in [-0.25, -0.2) is 0 Å². The zero-order valence-electron chi connectivity index (χ0n) is 14.8. The number of carbonyl (C=O) groups is 3. The van der Waals surface area contributed by atoms with E-state index in [-0.39, 0.29) is 29.7 Å². The molecule has 8 nitrogen and oxygen atoms in total. The Morgan fingerprint density at radius 3 is 2.43 bits per heavy atom. The molecule has 3 rings (SSSR count). The molecule has 9 heteroatoms. The Labute approximate surface area is 165 Å². The van der Waals surface area contributed by atoms with Gasteiger partial charge in [-0.1, -0.05) is 11.6 Å². The number of primary amides is 1. The van der Waals surface area contributed by atoms with Gasteiger partial charge in [0.25, 0.3) is 11.8 Å². The number of rotatable bonds is 6. The monoisotopic (exact) mass is 402 g/mol. The molecule has 1 saturated carbocycles. The van der Waals surface area contributed by atoms with Crippen LogP contribution in [-0.4, -0.2) is 29.8 Å². The summed E-state index contributed by atoms with van der Waals surface area (Å²) in [6.45, 7) is 0. The summed E-state index contributed by atoms with van der Waals surface area (Å²) < 4.78 is 5.16. The van der Waals surface area contributed by atoms with E-state index in [0.717, 1.165) is 12.8 Å². The van der Waals surface area contributed by atoms with Gasteiger partial charge in [-0.05, 0) is 49.2 Å². The molecule has 6 N–H and O–H groups in total. The largest absolute Gasteiger partial charge is 0.452 e. The fraction of sp³-hybridized carbons (Fsp3) is 0.211. The molecule has 0 spiro atoms. The van der Waals surface area contributed by atoms with Gasteiger partial charge in [0.05, 0.1) is 10.7 Å². The summed E-state index contributed by atoms with van der Waals surface area (Å²) >= 11 is 5.86. The van der Waals surface area contributed by atoms with E-state index in [1.165, 1.54) is 30.4 Å². The fourth-order valence-electron chi connectivity index (χ4n) is 2.75. The van der Waals surface area contributed by atoms with Crippen LogP contribution in [0.15, 0.2) is 40.8 Å². The van der Waals surface area contributed by atoms with Crippen molar-refractivity contribution in [3.8, 4) is 0 Å². The first kappa shape index (κ1) is 19.5. The molecule has 0 saturated heterocycles. The normalized spacial score (nSPS) is 18.5. The average molecular weight is 403 g/mol. The molecule has 1 heterocycles. The number of hydrogen-bond donors (Lipinski definition) is 4. The Morgan fingerprint density at radius 1 is 1.11 bits per heavy atom. The SMILES string of the molecule is NC(=O)c1ccc(/C=C/C(=O)N[C@@H]2CC[C@@H]2NC(=O)c2ccc(Cl)c(N)c2)o1. The predicted molar refractivity (Wildman–Crippen MR) is 105 cm³/mol. The lowest BCUT2D eigenvalue weighted by molar-refractivity contribution is -0.117. The third-order valence-corrected chi connectivity index (χ3v) is 4.79. The first-order valence-corrected chi connectivity index (χ1v) is 8.95. The van der Waals surface area contributed by atoms with E-state index >= 15 is 0 Å². The molecular formula is C19H19ClN4O4. The van der Waals surface area contributed by atoms with Crippen molar-refractivity contribution in [3.05, 3.63) is 58.5 Å². The van der Waals surface area contributed by atoms with Gasteiger partial charge < -0.3 is 26.5 Å². The van der Waals surface area contributed by atoms with Crippen LogP contribution in [0.1, 0.15) is 39.5 Å². The zero-order chi connectivity index (χ0) is 20.3. The van der Waals surface area contributed by atoms with E-state index in [2.05, 4.69) is 10.6 Å². The summed E-state index contributed by atoms with van der Waals surface area (Å²) in [5, 5.41) is 6.09. The van der Waals surface area contributed by atoms with Crippen LogP contribution in [0.25, 0.3) is 6.08 Å². The predicted octanol–water partition coefficient (Wildman–Crippen LogP) is 1.70. The van der Waals surface area contributed by atoms with E-state index in [4.69, 9.17) is 27.5 Å². The van der Waals surface area contributed by atoms with Crippen LogP contribution >= 0.6 is 11.6 Å². The molecule has 1 fully saturated rings. The van der Waals surface area contributed by atoms with Gasteiger partial charge in [0.2, 0.25) is 5.91 Å². The highest BCUT2D eigenvalue weighted by atomic mass is 35.5. The molecule has 0 unspecified atom stereocenters. The number of amides is 3. The number of nitrogen functional groups attached to an aromatic ring is 1. The highest BCUT2D eigenvalue weighted by Crippen LogP contribution is 2.22. The Morgan fingerprint density at radius 2 is 1.82 bits per heavy atom. The minimum atomic E-state index is -0.681.